The highest BCUT2D eigenvalue weighted by Crippen LogP contribution is 2.38. The molecular weight excluding hydrogens is 371 g/mol. The summed E-state index contributed by atoms with van der Waals surface area (Å²) in [4.78, 5) is 29.5. The Morgan fingerprint density at radius 3 is 2.93 bits per heavy atom. The third-order valence-electron chi connectivity index (χ3n) is 6.08. The maximum Gasteiger partial charge on any atom is 0.269 e. The van der Waals surface area contributed by atoms with Gasteiger partial charge in [-0.05, 0) is 30.5 Å². The number of piperidine rings is 1. The largest absolute Gasteiger partial charge is 0.349 e. The number of amides is 1. The van der Waals surface area contributed by atoms with Crippen molar-refractivity contribution in [3.63, 3.8) is 0 Å². The highest BCUT2D eigenvalue weighted by atomic mass is 19.1. The molecule has 4 heterocycles. The van der Waals surface area contributed by atoms with Gasteiger partial charge in [-0.3, -0.25) is 9.59 Å². The molecule has 0 saturated carbocycles. The van der Waals surface area contributed by atoms with Crippen LogP contribution in [-0.2, 0) is 0 Å². The van der Waals surface area contributed by atoms with Crippen LogP contribution >= 0.6 is 0 Å². The molecule has 2 aromatic heterocycles. The molecular formula is C22H21FN4O2. The van der Waals surface area contributed by atoms with Crippen LogP contribution in [-0.4, -0.2) is 35.1 Å². The van der Waals surface area contributed by atoms with Crippen LogP contribution in [0.4, 0.5) is 4.39 Å². The molecule has 0 unspecified atom stereocenters. The van der Waals surface area contributed by atoms with E-state index in [1.54, 1.807) is 36.4 Å². The van der Waals surface area contributed by atoms with Gasteiger partial charge in [-0.15, -0.1) is 0 Å². The summed E-state index contributed by atoms with van der Waals surface area (Å²) in [5, 5.41) is 7.00. The maximum atomic E-state index is 14.0. The first kappa shape index (κ1) is 18.0. The number of nitrogens with one attached hydrogen (secondary N) is 2. The van der Waals surface area contributed by atoms with E-state index in [1.165, 1.54) is 6.07 Å². The van der Waals surface area contributed by atoms with E-state index in [4.69, 9.17) is 0 Å². The second kappa shape index (κ2) is 7.08. The number of fused-ring (bicyclic) bond motifs is 5. The summed E-state index contributed by atoms with van der Waals surface area (Å²) in [7, 11) is 0. The molecule has 0 spiro atoms. The van der Waals surface area contributed by atoms with Gasteiger partial charge >= 0.3 is 0 Å². The van der Waals surface area contributed by atoms with Gasteiger partial charge in [0.25, 0.3) is 11.5 Å². The van der Waals surface area contributed by atoms with E-state index < -0.39 is 5.82 Å². The van der Waals surface area contributed by atoms with E-state index in [-0.39, 0.29) is 34.6 Å². The maximum absolute atomic E-state index is 14.0. The summed E-state index contributed by atoms with van der Waals surface area (Å²) in [5.74, 6) is -0.237. The van der Waals surface area contributed by atoms with E-state index in [0.717, 1.165) is 25.2 Å². The molecule has 1 fully saturated rings. The van der Waals surface area contributed by atoms with Crippen molar-refractivity contribution in [2.75, 3.05) is 19.6 Å². The molecule has 1 amide bonds. The van der Waals surface area contributed by atoms with Crippen LogP contribution in [0.1, 0.15) is 34.6 Å². The van der Waals surface area contributed by atoms with Crippen molar-refractivity contribution in [1.29, 1.82) is 0 Å². The molecule has 0 aliphatic carbocycles. The summed E-state index contributed by atoms with van der Waals surface area (Å²) >= 11 is 0. The molecule has 1 aromatic carbocycles. The van der Waals surface area contributed by atoms with Gasteiger partial charge in [0, 0.05) is 42.7 Å². The Balaban J connectivity index is 1.41. The highest BCUT2D eigenvalue weighted by Gasteiger charge is 2.37. The number of aromatic nitrogens is 2. The Morgan fingerprint density at radius 2 is 2.03 bits per heavy atom. The number of hydrogen-bond acceptors (Lipinski definition) is 4. The minimum absolute atomic E-state index is 0.0377. The second-order valence-electron chi connectivity index (χ2n) is 7.80. The number of benzene rings is 1. The number of halogens is 1. The average Bonchev–Trinajstić information content (AvgIpc) is 2.74. The van der Waals surface area contributed by atoms with Gasteiger partial charge in [0.2, 0.25) is 0 Å². The predicted molar refractivity (Wildman–Crippen MR) is 107 cm³/mol. The summed E-state index contributed by atoms with van der Waals surface area (Å²) in [6, 6.07) is 13.2. The Labute approximate surface area is 166 Å². The molecule has 29 heavy (non-hydrogen) atoms. The lowest BCUT2D eigenvalue weighted by Crippen LogP contribution is -2.50. The monoisotopic (exact) mass is 392 g/mol. The summed E-state index contributed by atoms with van der Waals surface area (Å²) in [5.41, 5.74) is 1.33. The van der Waals surface area contributed by atoms with Crippen molar-refractivity contribution >= 4 is 16.8 Å². The van der Waals surface area contributed by atoms with Gasteiger partial charge in [0.15, 0.2) is 0 Å². The first-order valence-corrected chi connectivity index (χ1v) is 9.87. The molecule has 1 saturated heterocycles. The van der Waals surface area contributed by atoms with E-state index >= 15 is 0 Å². The highest BCUT2D eigenvalue weighted by molar-refractivity contribution is 5.94. The van der Waals surface area contributed by atoms with Crippen molar-refractivity contribution < 1.29 is 9.18 Å². The Bertz CT molecular complexity index is 1160. The molecule has 2 N–H and O–H groups in total. The van der Waals surface area contributed by atoms with Crippen molar-refractivity contribution in [3.8, 4) is 0 Å². The Morgan fingerprint density at radius 1 is 1.17 bits per heavy atom. The predicted octanol–water partition coefficient (Wildman–Crippen LogP) is 2.21. The fraction of sp³-hybridized carbons (Fsp3) is 0.318. The number of para-hydroxylation sites is 1. The topological polar surface area (TPSA) is 76.0 Å². The SMILES string of the molecule is O=C(NC[C@H]1[C@@H]2CNC[C@@H](C2)c2cccc(=O)n21)c1ccc2cccc(F)c2n1. The average molecular weight is 392 g/mol. The van der Waals surface area contributed by atoms with E-state index in [9.17, 15) is 14.0 Å². The van der Waals surface area contributed by atoms with Crippen LogP contribution in [0.3, 0.4) is 0 Å². The molecule has 2 aliphatic heterocycles. The Kier molecular flexibility index (Phi) is 4.39. The zero-order chi connectivity index (χ0) is 20.0. The summed E-state index contributed by atoms with van der Waals surface area (Å²) in [6.45, 7) is 2.01. The molecule has 3 aromatic rings. The second-order valence-corrected chi connectivity index (χ2v) is 7.80. The van der Waals surface area contributed by atoms with Crippen LogP contribution in [0.2, 0.25) is 0 Å². The number of carbonyl (C=O) groups is 1. The molecule has 0 radical (unpaired) electrons. The van der Waals surface area contributed by atoms with Gasteiger partial charge < -0.3 is 15.2 Å². The number of nitrogens with zero attached hydrogens (tertiary/aromatic N) is 2. The lowest BCUT2D eigenvalue weighted by atomic mass is 9.79. The van der Waals surface area contributed by atoms with E-state index in [1.807, 2.05) is 10.6 Å². The molecule has 2 aliphatic rings. The van der Waals surface area contributed by atoms with Crippen LogP contribution < -0.4 is 16.2 Å². The zero-order valence-corrected chi connectivity index (χ0v) is 15.8. The van der Waals surface area contributed by atoms with Gasteiger partial charge in [-0.25, -0.2) is 9.37 Å². The molecule has 148 valence electrons. The van der Waals surface area contributed by atoms with Crippen LogP contribution in [0.5, 0.6) is 0 Å². The first-order chi connectivity index (χ1) is 14.1. The number of pyridine rings is 2. The molecule has 5 rings (SSSR count). The summed E-state index contributed by atoms with van der Waals surface area (Å²) < 4.78 is 15.9. The summed E-state index contributed by atoms with van der Waals surface area (Å²) in [6.07, 6.45) is 0.996. The van der Waals surface area contributed by atoms with Crippen LogP contribution in [0.25, 0.3) is 10.9 Å². The fourth-order valence-electron chi connectivity index (χ4n) is 4.69. The Hall–Kier alpha value is -3.06. The van der Waals surface area contributed by atoms with Crippen LogP contribution in [0, 0.1) is 11.7 Å². The van der Waals surface area contributed by atoms with Gasteiger partial charge in [-0.2, -0.15) is 0 Å². The standard InChI is InChI=1S/C22H21FN4O2/c23-16-4-1-3-13-7-8-17(26-21(13)16)22(29)25-12-19-15-9-14(10-24-11-15)18-5-2-6-20(28)27(18)19/h1-8,14-15,19,24H,9-12H2,(H,25,29)/t14-,15+,19+/m1/s1. The third kappa shape index (κ3) is 3.11. The lowest BCUT2D eigenvalue weighted by molar-refractivity contribution is 0.0927. The fourth-order valence-corrected chi connectivity index (χ4v) is 4.69. The third-order valence-corrected chi connectivity index (χ3v) is 6.08. The van der Waals surface area contributed by atoms with E-state index in [0.29, 0.717) is 17.8 Å². The minimum atomic E-state index is -0.454. The van der Waals surface area contributed by atoms with Crippen LogP contribution in [0.15, 0.2) is 53.3 Å². The van der Waals surface area contributed by atoms with E-state index in [2.05, 4.69) is 15.6 Å². The molecule has 7 heteroatoms. The minimum Gasteiger partial charge on any atom is -0.349 e. The normalized spacial score (nSPS) is 22.9. The number of rotatable bonds is 3. The number of carbonyl (C=O) groups excluding carboxylic acids is 1. The molecule has 3 atom stereocenters. The quantitative estimate of drug-likeness (QED) is 0.717. The molecule has 2 bridgehead atoms. The molecule has 6 nitrogen and oxygen atoms in total. The zero-order valence-electron chi connectivity index (χ0n) is 15.8. The smallest absolute Gasteiger partial charge is 0.269 e. The van der Waals surface area contributed by atoms with Crippen molar-refractivity contribution in [3.05, 3.63) is 76.1 Å². The van der Waals surface area contributed by atoms with Crippen molar-refractivity contribution in [2.24, 2.45) is 5.92 Å². The van der Waals surface area contributed by atoms with Gasteiger partial charge in [0.05, 0.1) is 6.04 Å². The van der Waals surface area contributed by atoms with Crippen molar-refractivity contribution in [1.82, 2.24) is 20.2 Å². The van der Waals surface area contributed by atoms with Gasteiger partial charge in [0.1, 0.15) is 17.0 Å². The number of hydrogen-bond donors (Lipinski definition) is 2. The van der Waals surface area contributed by atoms with Crippen molar-refractivity contribution in [2.45, 2.75) is 18.4 Å². The lowest BCUT2D eigenvalue weighted by Gasteiger charge is -2.43. The van der Waals surface area contributed by atoms with Gasteiger partial charge in [-0.1, -0.05) is 24.3 Å². The first-order valence-electron chi connectivity index (χ1n) is 9.87.